The average molecular weight is 251 g/mol. The first-order valence-corrected chi connectivity index (χ1v) is 5.80. The molecule has 18 heavy (non-hydrogen) atoms. The zero-order valence-electron chi connectivity index (χ0n) is 10.3. The number of phenols is 1. The molecule has 1 rings (SSSR count). The van der Waals surface area contributed by atoms with E-state index in [4.69, 9.17) is 10.2 Å². The molecule has 0 aromatic heterocycles. The molecule has 0 radical (unpaired) electrons. The van der Waals surface area contributed by atoms with Crippen molar-refractivity contribution in [2.45, 2.75) is 19.8 Å². The Morgan fingerprint density at radius 1 is 1.22 bits per heavy atom. The van der Waals surface area contributed by atoms with Crippen molar-refractivity contribution in [2.24, 2.45) is 0 Å². The lowest BCUT2D eigenvalue weighted by molar-refractivity contribution is -0.138. The van der Waals surface area contributed by atoms with Gasteiger partial charge in [-0.25, -0.2) is 0 Å². The van der Waals surface area contributed by atoms with E-state index in [1.54, 1.807) is 12.1 Å². The Balaban J connectivity index is 2.56. The Morgan fingerprint density at radius 2 is 1.83 bits per heavy atom. The second-order valence-corrected chi connectivity index (χ2v) is 3.96. The predicted octanol–water partition coefficient (Wildman–Crippen LogP) is 1.26. The fourth-order valence-corrected chi connectivity index (χ4v) is 1.59. The predicted molar refractivity (Wildman–Crippen MR) is 66.3 cm³/mol. The van der Waals surface area contributed by atoms with Crippen molar-refractivity contribution in [3.63, 3.8) is 0 Å². The van der Waals surface area contributed by atoms with E-state index in [1.807, 2.05) is 6.92 Å². The lowest BCUT2D eigenvalue weighted by atomic mass is 10.1. The summed E-state index contributed by atoms with van der Waals surface area (Å²) in [5, 5.41) is 17.7. The topological polar surface area (TPSA) is 77.8 Å². The van der Waals surface area contributed by atoms with Gasteiger partial charge in [-0.15, -0.1) is 0 Å². The highest BCUT2D eigenvalue weighted by Gasteiger charge is 2.13. The number of rotatable bonds is 6. The normalized spacial score (nSPS) is 10.1. The molecule has 0 aliphatic carbocycles. The van der Waals surface area contributed by atoms with Crippen LogP contribution in [0.3, 0.4) is 0 Å². The molecule has 0 aliphatic heterocycles. The van der Waals surface area contributed by atoms with Crippen LogP contribution in [0.15, 0.2) is 24.3 Å². The molecule has 1 aromatic carbocycles. The van der Waals surface area contributed by atoms with Gasteiger partial charge < -0.3 is 15.1 Å². The van der Waals surface area contributed by atoms with Gasteiger partial charge in [0.15, 0.2) is 0 Å². The Morgan fingerprint density at radius 3 is 2.33 bits per heavy atom. The highest BCUT2D eigenvalue weighted by Crippen LogP contribution is 2.11. The summed E-state index contributed by atoms with van der Waals surface area (Å²) in [5.41, 5.74) is 0.798. The highest BCUT2D eigenvalue weighted by molar-refractivity contribution is 5.79. The molecule has 2 N–H and O–H groups in total. The minimum atomic E-state index is -0.911. The number of likely N-dealkylation sites (N-methyl/N-ethyl adjacent to an activating group) is 1. The monoisotopic (exact) mass is 251 g/mol. The van der Waals surface area contributed by atoms with Gasteiger partial charge >= 0.3 is 5.97 Å². The number of benzene rings is 1. The van der Waals surface area contributed by atoms with Gasteiger partial charge in [0, 0.05) is 13.1 Å². The standard InChI is InChI=1S/C13H17NO4/c1-2-14(8-7-13(17)18)12(16)9-10-3-5-11(15)6-4-10/h3-6,15H,2,7-9H2,1H3,(H,17,18). The Labute approximate surface area is 106 Å². The lowest BCUT2D eigenvalue weighted by Gasteiger charge is -2.20. The number of aromatic hydroxyl groups is 1. The maximum absolute atomic E-state index is 11.9. The molecule has 0 unspecified atom stereocenters. The summed E-state index contributed by atoms with van der Waals surface area (Å²) in [7, 11) is 0. The number of nitrogens with zero attached hydrogens (tertiary/aromatic N) is 1. The number of aliphatic carboxylic acids is 1. The molecule has 1 amide bonds. The maximum atomic E-state index is 11.9. The first-order valence-electron chi connectivity index (χ1n) is 5.80. The molecule has 0 saturated heterocycles. The fourth-order valence-electron chi connectivity index (χ4n) is 1.59. The smallest absolute Gasteiger partial charge is 0.305 e. The van der Waals surface area contributed by atoms with Gasteiger partial charge in [0.05, 0.1) is 12.8 Å². The largest absolute Gasteiger partial charge is 0.508 e. The van der Waals surface area contributed by atoms with E-state index >= 15 is 0 Å². The third-order valence-electron chi connectivity index (χ3n) is 2.62. The number of carboxylic acids is 1. The van der Waals surface area contributed by atoms with Gasteiger partial charge in [0.1, 0.15) is 5.75 Å². The summed E-state index contributed by atoms with van der Waals surface area (Å²) in [6.07, 6.45) is 0.170. The van der Waals surface area contributed by atoms with Gasteiger partial charge in [-0.2, -0.15) is 0 Å². The van der Waals surface area contributed by atoms with E-state index in [2.05, 4.69) is 0 Å². The summed E-state index contributed by atoms with van der Waals surface area (Å²) in [6.45, 7) is 2.53. The maximum Gasteiger partial charge on any atom is 0.305 e. The molecule has 0 spiro atoms. The number of hydrogen-bond acceptors (Lipinski definition) is 3. The van der Waals surface area contributed by atoms with Gasteiger partial charge in [-0.1, -0.05) is 12.1 Å². The van der Waals surface area contributed by atoms with Gasteiger partial charge in [-0.3, -0.25) is 9.59 Å². The van der Waals surface area contributed by atoms with Crippen LogP contribution in [-0.4, -0.2) is 40.1 Å². The first-order chi connectivity index (χ1) is 8.52. The second-order valence-electron chi connectivity index (χ2n) is 3.96. The van der Waals surface area contributed by atoms with Crippen LogP contribution in [0.4, 0.5) is 0 Å². The highest BCUT2D eigenvalue weighted by atomic mass is 16.4. The van der Waals surface area contributed by atoms with Crippen molar-refractivity contribution in [2.75, 3.05) is 13.1 Å². The molecule has 0 aliphatic rings. The number of amides is 1. The molecule has 0 heterocycles. The van der Waals surface area contributed by atoms with E-state index in [1.165, 1.54) is 17.0 Å². The minimum Gasteiger partial charge on any atom is -0.508 e. The summed E-state index contributed by atoms with van der Waals surface area (Å²) >= 11 is 0. The molecule has 0 bridgehead atoms. The van der Waals surface area contributed by atoms with Crippen molar-refractivity contribution in [1.82, 2.24) is 4.90 Å². The Hall–Kier alpha value is -2.04. The van der Waals surface area contributed by atoms with Crippen LogP contribution in [0.5, 0.6) is 5.75 Å². The minimum absolute atomic E-state index is 0.0465. The molecule has 98 valence electrons. The van der Waals surface area contributed by atoms with Crippen molar-refractivity contribution >= 4 is 11.9 Å². The van der Waals surface area contributed by atoms with Crippen molar-refractivity contribution in [1.29, 1.82) is 0 Å². The quantitative estimate of drug-likeness (QED) is 0.797. The Kier molecular flexibility index (Phi) is 5.17. The summed E-state index contributed by atoms with van der Waals surface area (Å²) < 4.78 is 0. The molecule has 0 fully saturated rings. The molecule has 5 nitrogen and oxygen atoms in total. The average Bonchev–Trinajstić information content (AvgIpc) is 2.32. The molecular weight excluding hydrogens is 234 g/mol. The van der Waals surface area contributed by atoms with Gasteiger partial charge in [-0.05, 0) is 24.6 Å². The molecular formula is C13H17NO4. The van der Waals surface area contributed by atoms with Crippen LogP contribution in [0, 0.1) is 0 Å². The molecule has 1 aromatic rings. The van der Waals surface area contributed by atoms with E-state index in [0.29, 0.717) is 6.54 Å². The van der Waals surface area contributed by atoms with Crippen LogP contribution in [0.2, 0.25) is 0 Å². The first kappa shape index (κ1) is 14.0. The van der Waals surface area contributed by atoms with Crippen molar-refractivity contribution < 1.29 is 19.8 Å². The third-order valence-corrected chi connectivity index (χ3v) is 2.62. The second kappa shape index (κ2) is 6.64. The lowest BCUT2D eigenvalue weighted by Crippen LogP contribution is -2.33. The van der Waals surface area contributed by atoms with Crippen molar-refractivity contribution in [3.8, 4) is 5.75 Å². The number of carbonyl (C=O) groups excluding carboxylic acids is 1. The van der Waals surface area contributed by atoms with Gasteiger partial charge in [0.2, 0.25) is 5.91 Å². The number of hydrogen-bond donors (Lipinski definition) is 2. The summed E-state index contributed by atoms with van der Waals surface area (Å²) in [6, 6.07) is 6.41. The Bertz CT molecular complexity index is 414. The zero-order valence-corrected chi connectivity index (χ0v) is 10.3. The zero-order chi connectivity index (χ0) is 13.5. The van der Waals surface area contributed by atoms with E-state index in [-0.39, 0.29) is 31.0 Å². The van der Waals surface area contributed by atoms with Crippen molar-refractivity contribution in [3.05, 3.63) is 29.8 Å². The van der Waals surface area contributed by atoms with E-state index < -0.39 is 5.97 Å². The van der Waals surface area contributed by atoms with Crippen LogP contribution >= 0.6 is 0 Å². The van der Waals surface area contributed by atoms with E-state index in [9.17, 15) is 9.59 Å². The number of carbonyl (C=O) groups is 2. The van der Waals surface area contributed by atoms with E-state index in [0.717, 1.165) is 5.56 Å². The SMILES string of the molecule is CCN(CCC(=O)O)C(=O)Cc1ccc(O)cc1. The van der Waals surface area contributed by atoms with Crippen LogP contribution in [-0.2, 0) is 16.0 Å². The van der Waals surface area contributed by atoms with Gasteiger partial charge in [0.25, 0.3) is 0 Å². The van der Waals surface area contributed by atoms with Crippen LogP contribution in [0.1, 0.15) is 18.9 Å². The molecule has 0 saturated carbocycles. The van der Waals surface area contributed by atoms with Crippen LogP contribution in [0.25, 0.3) is 0 Å². The fraction of sp³-hybridized carbons (Fsp3) is 0.385. The summed E-state index contributed by atoms with van der Waals surface area (Å²) in [5.74, 6) is -0.861. The number of carboxylic acid groups (broad SMARTS) is 1. The third kappa shape index (κ3) is 4.45. The molecule has 0 atom stereocenters. The summed E-state index contributed by atoms with van der Waals surface area (Å²) in [4.78, 5) is 23.9. The number of phenolic OH excluding ortho intramolecular Hbond substituents is 1. The van der Waals surface area contributed by atoms with Crippen LogP contribution < -0.4 is 0 Å². The molecule has 5 heteroatoms.